The van der Waals surface area contributed by atoms with Crippen molar-refractivity contribution in [2.45, 2.75) is 19.3 Å². The van der Waals surface area contributed by atoms with Crippen LogP contribution in [-0.2, 0) is 5.41 Å². The Labute approximate surface area is 278 Å². The maximum Gasteiger partial charge on any atom is 0.0541 e. The van der Waals surface area contributed by atoms with Gasteiger partial charge in [-0.1, -0.05) is 117 Å². The molecule has 0 amide bonds. The summed E-state index contributed by atoms with van der Waals surface area (Å²) >= 11 is 1.90. The first-order valence-electron chi connectivity index (χ1n) is 16.4. The van der Waals surface area contributed by atoms with Crippen molar-refractivity contribution in [3.8, 4) is 39.1 Å². The second-order valence-electron chi connectivity index (χ2n) is 13.3. The van der Waals surface area contributed by atoms with Crippen LogP contribution in [0.25, 0.3) is 81.0 Å². The predicted octanol–water partition coefficient (Wildman–Crippen LogP) is 12.8. The van der Waals surface area contributed by atoms with Gasteiger partial charge in [0.15, 0.2) is 0 Å². The van der Waals surface area contributed by atoms with Gasteiger partial charge >= 0.3 is 0 Å². The minimum atomic E-state index is -0.113. The standard InChI is InChI=1S/C45H31NS/c1-45(2)37-21-24-42-44(34-15-9-10-16-41(34)47-42)43(37)33-20-19-32(27-38(33)45)46-39-22-17-30(28-11-5-3-6-12-28)25-35(39)36-26-31(18-23-40(36)46)29-13-7-4-8-14-29/h3-27H,1-2H3. The Morgan fingerprint density at radius 3 is 1.74 bits per heavy atom. The molecule has 0 atom stereocenters. The molecule has 0 fully saturated rings. The maximum absolute atomic E-state index is 2.48. The highest BCUT2D eigenvalue weighted by atomic mass is 32.1. The summed E-state index contributed by atoms with van der Waals surface area (Å²) < 4.78 is 5.20. The van der Waals surface area contributed by atoms with Crippen molar-refractivity contribution < 1.29 is 0 Å². The molecule has 2 heteroatoms. The number of hydrogen-bond acceptors (Lipinski definition) is 1. The summed E-state index contributed by atoms with van der Waals surface area (Å²) in [7, 11) is 0. The van der Waals surface area contributed by atoms with E-state index in [1.54, 1.807) is 0 Å². The maximum atomic E-state index is 2.48. The predicted molar refractivity (Wildman–Crippen MR) is 202 cm³/mol. The molecule has 0 saturated carbocycles. The molecule has 0 N–H and O–H groups in total. The second kappa shape index (κ2) is 9.78. The van der Waals surface area contributed by atoms with Crippen LogP contribution in [0.5, 0.6) is 0 Å². The number of fused-ring (bicyclic) bond motifs is 10. The Hall–Kier alpha value is -5.44. The number of rotatable bonds is 3. The van der Waals surface area contributed by atoms with Crippen LogP contribution in [-0.4, -0.2) is 4.57 Å². The Balaban J connectivity index is 1.23. The molecule has 0 aliphatic heterocycles. The molecular weight excluding hydrogens is 587 g/mol. The van der Waals surface area contributed by atoms with E-state index < -0.39 is 0 Å². The SMILES string of the molecule is CC1(C)c2cc(-n3c4ccc(-c5ccccc5)cc4c4cc(-c5ccccc5)ccc43)ccc2-c2c1ccc1sc3ccccc3c21. The molecule has 222 valence electrons. The molecule has 9 aromatic rings. The summed E-state index contributed by atoms with van der Waals surface area (Å²) in [5.41, 5.74) is 14.1. The van der Waals surface area contributed by atoms with E-state index in [4.69, 9.17) is 0 Å². The lowest BCUT2D eigenvalue weighted by Gasteiger charge is -2.22. The molecule has 0 spiro atoms. The molecule has 0 bridgehead atoms. The van der Waals surface area contributed by atoms with Crippen molar-refractivity contribution in [2.75, 3.05) is 0 Å². The highest BCUT2D eigenvalue weighted by molar-refractivity contribution is 7.26. The minimum absolute atomic E-state index is 0.113. The lowest BCUT2D eigenvalue weighted by atomic mass is 9.82. The van der Waals surface area contributed by atoms with E-state index >= 15 is 0 Å². The van der Waals surface area contributed by atoms with Crippen LogP contribution in [0.15, 0.2) is 152 Å². The molecule has 0 unspecified atom stereocenters. The van der Waals surface area contributed by atoms with Crippen LogP contribution in [0.3, 0.4) is 0 Å². The molecule has 2 aromatic heterocycles. The summed E-state index contributed by atoms with van der Waals surface area (Å²) in [6, 6.07) is 56.1. The molecule has 7 aromatic carbocycles. The highest BCUT2D eigenvalue weighted by Gasteiger charge is 2.37. The van der Waals surface area contributed by atoms with E-state index in [2.05, 4.69) is 170 Å². The van der Waals surface area contributed by atoms with Crippen molar-refractivity contribution in [1.29, 1.82) is 0 Å². The van der Waals surface area contributed by atoms with Crippen molar-refractivity contribution >= 4 is 53.3 Å². The van der Waals surface area contributed by atoms with Crippen molar-refractivity contribution in [3.05, 3.63) is 163 Å². The zero-order valence-corrected chi connectivity index (χ0v) is 27.1. The molecule has 1 aliphatic carbocycles. The lowest BCUT2D eigenvalue weighted by molar-refractivity contribution is 0.660. The van der Waals surface area contributed by atoms with Gasteiger partial charge in [0.05, 0.1) is 11.0 Å². The van der Waals surface area contributed by atoms with Crippen LogP contribution in [0, 0.1) is 0 Å². The lowest BCUT2D eigenvalue weighted by Crippen LogP contribution is -2.15. The first kappa shape index (κ1) is 26.7. The van der Waals surface area contributed by atoms with Crippen LogP contribution in [0.1, 0.15) is 25.0 Å². The Kier molecular flexibility index (Phi) is 5.57. The summed E-state index contributed by atoms with van der Waals surface area (Å²) in [6.45, 7) is 4.79. The summed E-state index contributed by atoms with van der Waals surface area (Å²) in [4.78, 5) is 0. The average molecular weight is 618 g/mol. The van der Waals surface area contributed by atoms with Gasteiger partial charge in [-0.3, -0.25) is 0 Å². The van der Waals surface area contributed by atoms with E-state index in [9.17, 15) is 0 Å². The molecular formula is C45H31NS. The topological polar surface area (TPSA) is 4.93 Å². The fourth-order valence-electron chi connectivity index (χ4n) is 8.09. The molecule has 0 saturated heterocycles. The van der Waals surface area contributed by atoms with Crippen LogP contribution in [0.2, 0.25) is 0 Å². The molecule has 0 radical (unpaired) electrons. The van der Waals surface area contributed by atoms with Crippen LogP contribution >= 0.6 is 11.3 Å². The average Bonchev–Trinajstić information content (AvgIpc) is 3.74. The fraction of sp³-hybridized carbons (Fsp3) is 0.0667. The number of aromatic nitrogens is 1. The van der Waals surface area contributed by atoms with Gasteiger partial charge in [0.25, 0.3) is 0 Å². The number of benzene rings is 7. The van der Waals surface area contributed by atoms with Crippen molar-refractivity contribution in [1.82, 2.24) is 4.57 Å². The van der Waals surface area contributed by atoms with Crippen molar-refractivity contribution in [2.24, 2.45) is 0 Å². The third-order valence-corrected chi connectivity index (χ3v) is 11.5. The normalized spacial score (nSPS) is 13.5. The van der Waals surface area contributed by atoms with Gasteiger partial charge in [-0.15, -0.1) is 11.3 Å². The quantitative estimate of drug-likeness (QED) is 0.186. The monoisotopic (exact) mass is 617 g/mol. The Morgan fingerprint density at radius 1 is 0.468 bits per heavy atom. The van der Waals surface area contributed by atoms with E-state index in [1.165, 1.54) is 92.2 Å². The highest BCUT2D eigenvalue weighted by Crippen LogP contribution is 2.54. The Morgan fingerprint density at radius 2 is 1.09 bits per heavy atom. The molecule has 1 aliphatic rings. The zero-order valence-electron chi connectivity index (χ0n) is 26.3. The molecule has 10 rings (SSSR count). The molecule has 47 heavy (non-hydrogen) atoms. The minimum Gasteiger partial charge on any atom is -0.309 e. The molecule has 1 nitrogen and oxygen atoms in total. The zero-order chi connectivity index (χ0) is 31.3. The third-order valence-electron chi connectivity index (χ3n) is 10.4. The molecule has 2 heterocycles. The fourth-order valence-corrected chi connectivity index (χ4v) is 9.20. The second-order valence-corrected chi connectivity index (χ2v) is 14.4. The summed E-state index contributed by atoms with van der Waals surface area (Å²) in [6.07, 6.45) is 0. The number of hydrogen-bond donors (Lipinski definition) is 0. The van der Waals surface area contributed by atoms with Gasteiger partial charge in [0, 0.05) is 42.0 Å². The van der Waals surface area contributed by atoms with Gasteiger partial charge in [-0.25, -0.2) is 0 Å². The van der Waals surface area contributed by atoms with Gasteiger partial charge < -0.3 is 4.57 Å². The smallest absolute Gasteiger partial charge is 0.0541 e. The first-order chi connectivity index (χ1) is 23.1. The first-order valence-corrected chi connectivity index (χ1v) is 17.2. The largest absolute Gasteiger partial charge is 0.309 e. The van der Waals surface area contributed by atoms with Gasteiger partial charge in [-0.2, -0.15) is 0 Å². The summed E-state index contributed by atoms with van der Waals surface area (Å²) in [5.74, 6) is 0. The van der Waals surface area contributed by atoms with Crippen LogP contribution < -0.4 is 0 Å². The van der Waals surface area contributed by atoms with Crippen LogP contribution in [0.4, 0.5) is 0 Å². The van der Waals surface area contributed by atoms with E-state index in [0.717, 1.165) is 0 Å². The van der Waals surface area contributed by atoms with Gasteiger partial charge in [0.1, 0.15) is 0 Å². The third kappa shape index (κ3) is 3.83. The Bertz CT molecular complexity index is 2590. The van der Waals surface area contributed by atoms with Gasteiger partial charge in [-0.05, 0) is 93.0 Å². The van der Waals surface area contributed by atoms with Gasteiger partial charge in [0.2, 0.25) is 0 Å². The number of nitrogens with zero attached hydrogens (tertiary/aromatic N) is 1. The summed E-state index contributed by atoms with van der Waals surface area (Å²) in [5, 5.41) is 5.31. The van der Waals surface area contributed by atoms with Crippen molar-refractivity contribution in [3.63, 3.8) is 0 Å². The van der Waals surface area contributed by atoms with E-state index in [1.807, 2.05) is 11.3 Å². The van der Waals surface area contributed by atoms with E-state index in [-0.39, 0.29) is 5.41 Å². The number of thiophene rings is 1. The van der Waals surface area contributed by atoms with E-state index in [0.29, 0.717) is 0 Å².